The molecule has 0 amide bonds. The minimum Gasteiger partial charge on any atom is -0.490 e. The van der Waals surface area contributed by atoms with E-state index in [9.17, 15) is 0 Å². The summed E-state index contributed by atoms with van der Waals surface area (Å²) in [5, 5.41) is 0. The Kier molecular flexibility index (Phi) is 8.70. The second kappa shape index (κ2) is 11.5. The van der Waals surface area contributed by atoms with Crippen molar-refractivity contribution in [3.8, 4) is 5.75 Å². The molecule has 31 heavy (non-hydrogen) atoms. The van der Waals surface area contributed by atoms with Crippen LogP contribution >= 0.6 is 0 Å². The summed E-state index contributed by atoms with van der Waals surface area (Å²) in [4.78, 5) is 0. The van der Waals surface area contributed by atoms with Crippen LogP contribution < -0.4 is 4.74 Å². The molecule has 4 heteroatoms. The number of allylic oxidation sites excluding steroid dienone is 5. The first kappa shape index (κ1) is 23.5. The van der Waals surface area contributed by atoms with E-state index in [2.05, 4.69) is 63.4 Å². The summed E-state index contributed by atoms with van der Waals surface area (Å²) in [7, 11) is 0. The molecule has 3 rings (SSSR count). The highest BCUT2D eigenvalue weighted by Gasteiger charge is 2.26. The van der Waals surface area contributed by atoms with Crippen molar-refractivity contribution in [1.29, 1.82) is 0 Å². The van der Waals surface area contributed by atoms with E-state index in [4.69, 9.17) is 18.9 Å². The zero-order valence-corrected chi connectivity index (χ0v) is 19.0. The van der Waals surface area contributed by atoms with Crippen molar-refractivity contribution in [3.05, 3.63) is 78.4 Å². The Bertz CT molecular complexity index is 797. The second-order valence-corrected chi connectivity index (χ2v) is 8.63. The topological polar surface area (TPSA) is 43.5 Å². The van der Waals surface area contributed by atoms with Crippen molar-refractivity contribution >= 4 is 0 Å². The van der Waals surface area contributed by atoms with Gasteiger partial charge in [0.2, 0.25) is 0 Å². The molecule has 2 aliphatic heterocycles. The molecular formula is C27H36O4. The number of hydrogen-bond acceptors (Lipinski definition) is 4. The minimum atomic E-state index is -0.161. The van der Waals surface area contributed by atoms with Crippen LogP contribution in [0.25, 0.3) is 0 Å². The molecule has 1 aromatic carbocycles. The van der Waals surface area contributed by atoms with Crippen molar-refractivity contribution in [1.82, 2.24) is 0 Å². The summed E-state index contributed by atoms with van der Waals surface area (Å²) in [6.45, 7) is 15.8. The highest BCUT2D eigenvalue weighted by Crippen LogP contribution is 2.36. The molecule has 0 aromatic heterocycles. The summed E-state index contributed by atoms with van der Waals surface area (Å²) < 4.78 is 22.1. The van der Waals surface area contributed by atoms with Gasteiger partial charge in [-0.3, -0.25) is 0 Å². The molecule has 1 aromatic rings. The van der Waals surface area contributed by atoms with Crippen molar-refractivity contribution in [2.24, 2.45) is 0 Å². The molecule has 2 heterocycles. The minimum absolute atomic E-state index is 0.161. The molecule has 0 saturated carbocycles. The van der Waals surface area contributed by atoms with Crippen molar-refractivity contribution in [3.63, 3.8) is 0 Å². The van der Waals surface area contributed by atoms with Gasteiger partial charge in [0.25, 0.3) is 0 Å². The highest BCUT2D eigenvalue weighted by molar-refractivity contribution is 5.46. The lowest BCUT2D eigenvalue weighted by molar-refractivity contribution is 0.141. The molecule has 2 atom stereocenters. The maximum atomic E-state index is 6.00. The molecular weight excluding hydrogens is 388 g/mol. The van der Waals surface area contributed by atoms with Crippen LogP contribution in [0.2, 0.25) is 0 Å². The molecule has 2 unspecified atom stereocenters. The first-order valence-electron chi connectivity index (χ1n) is 11.2. The van der Waals surface area contributed by atoms with Crippen LogP contribution in [0.4, 0.5) is 0 Å². The predicted octanol–water partition coefficient (Wildman–Crippen LogP) is 5.33. The molecule has 168 valence electrons. The lowest BCUT2D eigenvalue weighted by Crippen LogP contribution is -2.20. The zero-order valence-electron chi connectivity index (χ0n) is 19.0. The van der Waals surface area contributed by atoms with Gasteiger partial charge >= 0.3 is 0 Å². The van der Waals surface area contributed by atoms with E-state index < -0.39 is 0 Å². The van der Waals surface area contributed by atoms with Gasteiger partial charge in [-0.15, -0.1) is 13.2 Å². The molecule has 0 spiro atoms. The Morgan fingerprint density at radius 3 is 2.52 bits per heavy atom. The van der Waals surface area contributed by atoms with Crippen molar-refractivity contribution in [2.45, 2.75) is 50.7 Å². The maximum Gasteiger partial charge on any atom is 0.122 e. The molecule has 0 bridgehead atoms. The van der Waals surface area contributed by atoms with E-state index in [1.807, 2.05) is 12.2 Å². The van der Waals surface area contributed by atoms with Gasteiger partial charge in [-0.05, 0) is 42.0 Å². The van der Waals surface area contributed by atoms with Gasteiger partial charge in [-0.2, -0.15) is 0 Å². The normalized spacial score (nSPS) is 20.6. The highest BCUT2D eigenvalue weighted by atomic mass is 16.6. The fourth-order valence-corrected chi connectivity index (χ4v) is 3.43. The van der Waals surface area contributed by atoms with Gasteiger partial charge in [0.05, 0.1) is 26.4 Å². The number of rotatable bonds is 15. The first-order valence-corrected chi connectivity index (χ1v) is 11.2. The van der Waals surface area contributed by atoms with Gasteiger partial charge < -0.3 is 18.9 Å². The van der Waals surface area contributed by atoms with Gasteiger partial charge in [-0.25, -0.2) is 0 Å². The van der Waals surface area contributed by atoms with E-state index in [-0.39, 0.29) is 11.5 Å². The third kappa shape index (κ3) is 7.49. The molecule has 0 N–H and O–H groups in total. The molecule has 0 radical (unpaired) electrons. The number of epoxide rings is 2. The largest absolute Gasteiger partial charge is 0.490 e. The van der Waals surface area contributed by atoms with Crippen LogP contribution in [0, 0.1) is 0 Å². The van der Waals surface area contributed by atoms with E-state index in [1.54, 1.807) is 0 Å². The van der Waals surface area contributed by atoms with E-state index in [0.29, 0.717) is 25.9 Å². The van der Waals surface area contributed by atoms with Crippen LogP contribution in [0.1, 0.15) is 37.8 Å². The van der Waals surface area contributed by atoms with Crippen LogP contribution in [-0.4, -0.2) is 45.2 Å². The number of hydrogen-bond donors (Lipinski definition) is 0. The quantitative estimate of drug-likeness (QED) is 0.165. The Morgan fingerprint density at radius 1 is 1.10 bits per heavy atom. The lowest BCUT2D eigenvalue weighted by atomic mass is 9.76. The summed E-state index contributed by atoms with van der Waals surface area (Å²) in [6.07, 6.45) is 13.7. The van der Waals surface area contributed by atoms with E-state index in [0.717, 1.165) is 43.8 Å². The standard InChI is InChI=1S/C27H36O4/c1-5-7-8-11-22(12-9-15-28-17-24-18-29-24)27(3,4)23-13-14-26(21(16-23)10-6-2)31-20-25-19-30-25/h5-6,9,11-14,16,24-25H,1-2,7-8,10,15,17-20H2,3-4H3/b12-9-,22-11+. The predicted molar refractivity (Wildman–Crippen MR) is 126 cm³/mol. The Balaban J connectivity index is 1.75. The molecule has 0 aliphatic carbocycles. The third-order valence-electron chi connectivity index (χ3n) is 5.65. The molecule has 2 aliphatic rings. The Morgan fingerprint density at radius 2 is 1.84 bits per heavy atom. The SMILES string of the molecule is C=CCC/C=C(\C=C/COCC1CO1)C(C)(C)c1ccc(OCC2CO2)c(CC=C)c1. The first-order chi connectivity index (χ1) is 15.0. The fraction of sp³-hybridized carbons (Fsp3) is 0.481. The lowest BCUT2D eigenvalue weighted by Gasteiger charge is -2.28. The number of benzene rings is 1. The fourth-order valence-electron chi connectivity index (χ4n) is 3.43. The maximum absolute atomic E-state index is 6.00. The van der Waals surface area contributed by atoms with E-state index in [1.165, 1.54) is 11.1 Å². The second-order valence-electron chi connectivity index (χ2n) is 8.63. The van der Waals surface area contributed by atoms with Crippen LogP contribution in [0.3, 0.4) is 0 Å². The zero-order chi connectivity index (χ0) is 22.1. The summed E-state index contributed by atoms with van der Waals surface area (Å²) in [5.41, 5.74) is 3.51. The average Bonchev–Trinajstić information content (AvgIpc) is 3.67. The van der Waals surface area contributed by atoms with Crippen LogP contribution in [0.15, 0.2) is 67.3 Å². The number of unbranched alkanes of at least 4 members (excludes halogenated alkanes) is 1. The van der Waals surface area contributed by atoms with Crippen LogP contribution in [-0.2, 0) is 26.0 Å². The van der Waals surface area contributed by atoms with Gasteiger partial charge in [-0.1, -0.05) is 56.4 Å². The van der Waals surface area contributed by atoms with Crippen molar-refractivity contribution < 1.29 is 18.9 Å². The smallest absolute Gasteiger partial charge is 0.122 e. The average molecular weight is 425 g/mol. The van der Waals surface area contributed by atoms with Gasteiger partial charge in [0.15, 0.2) is 0 Å². The summed E-state index contributed by atoms with van der Waals surface area (Å²) >= 11 is 0. The Hall–Kier alpha value is -2.14. The Labute approximate surface area is 187 Å². The number of ether oxygens (including phenoxy) is 4. The summed E-state index contributed by atoms with van der Waals surface area (Å²) in [5.74, 6) is 0.915. The third-order valence-corrected chi connectivity index (χ3v) is 5.65. The molecule has 2 fully saturated rings. The van der Waals surface area contributed by atoms with Gasteiger partial charge in [0.1, 0.15) is 24.6 Å². The summed E-state index contributed by atoms with van der Waals surface area (Å²) in [6, 6.07) is 6.51. The van der Waals surface area contributed by atoms with Crippen molar-refractivity contribution in [2.75, 3.05) is 33.0 Å². The molecule has 4 nitrogen and oxygen atoms in total. The van der Waals surface area contributed by atoms with E-state index >= 15 is 0 Å². The molecule has 2 saturated heterocycles. The van der Waals surface area contributed by atoms with Crippen LogP contribution in [0.5, 0.6) is 5.75 Å². The van der Waals surface area contributed by atoms with Gasteiger partial charge in [0, 0.05) is 5.41 Å². The monoisotopic (exact) mass is 424 g/mol.